The third kappa shape index (κ3) is 2.63. The zero-order chi connectivity index (χ0) is 15.0. The van der Waals surface area contributed by atoms with Crippen LogP contribution in [-0.2, 0) is 11.2 Å². The van der Waals surface area contributed by atoms with E-state index in [1.54, 1.807) is 13.2 Å². The molecule has 1 aliphatic rings. The minimum atomic E-state index is -0.608. The van der Waals surface area contributed by atoms with E-state index in [-0.39, 0.29) is 5.91 Å². The van der Waals surface area contributed by atoms with Gasteiger partial charge in [-0.3, -0.25) is 4.79 Å². The molecule has 0 saturated heterocycles. The quantitative estimate of drug-likeness (QED) is 0.862. The van der Waals surface area contributed by atoms with Gasteiger partial charge in [0.15, 0.2) is 0 Å². The number of carbonyl (C=O) groups excluding carboxylic acids is 1. The first-order valence-electron chi connectivity index (χ1n) is 6.47. The zero-order valence-electron chi connectivity index (χ0n) is 11.3. The number of hydrogen-bond donors (Lipinski definition) is 1. The number of halogens is 2. The number of methoxy groups -OCH3 is 1. The van der Waals surface area contributed by atoms with Crippen LogP contribution < -0.4 is 10.1 Å². The second kappa shape index (κ2) is 5.66. The van der Waals surface area contributed by atoms with E-state index in [0.29, 0.717) is 29.8 Å². The second-order valence-corrected chi connectivity index (χ2v) is 6.18. The molecule has 1 aromatic heterocycles. The minimum absolute atomic E-state index is 0.0861. The molecule has 1 atom stereocenters. The van der Waals surface area contributed by atoms with E-state index < -0.39 is 11.2 Å². The Morgan fingerprint density at radius 1 is 1.43 bits per heavy atom. The zero-order valence-corrected chi connectivity index (χ0v) is 12.9. The normalized spacial score (nSPS) is 15.3. The fourth-order valence-electron chi connectivity index (χ4n) is 2.42. The van der Waals surface area contributed by atoms with Crippen molar-refractivity contribution in [3.8, 4) is 5.75 Å². The number of anilines is 1. The standard InChI is InChI=1S/C15H13ClFNO2S/c1-20-12-4-5-21-15(12)14(16)9-6-8-2-3-13(19)18-11(8)7-10(9)17/h4-7,14H,2-3H2,1H3,(H,18,19). The lowest BCUT2D eigenvalue weighted by atomic mass is 9.98. The van der Waals surface area contributed by atoms with Gasteiger partial charge in [-0.05, 0) is 35.6 Å². The Hall–Kier alpha value is -1.59. The van der Waals surface area contributed by atoms with Gasteiger partial charge in [0.25, 0.3) is 0 Å². The summed E-state index contributed by atoms with van der Waals surface area (Å²) in [4.78, 5) is 12.1. The summed E-state index contributed by atoms with van der Waals surface area (Å²) >= 11 is 7.87. The van der Waals surface area contributed by atoms with Crippen molar-refractivity contribution in [2.45, 2.75) is 18.2 Å². The molecule has 1 amide bonds. The Bertz CT molecular complexity index is 701. The Balaban J connectivity index is 2.01. The summed E-state index contributed by atoms with van der Waals surface area (Å²) in [6.45, 7) is 0. The summed E-state index contributed by atoms with van der Waals surface area (Å²) in [5.74, 6) is 0.147. The number of hydrogen-bond acceptors (Lipinski definition) is 3. The number of rotatable bonds is 3. The molecule has 1 aliphatic heterocycles. The van der Waals surface area contributed by atoms with E-state index in [9.17, 15) is 9.18 Å². The number of fused-ring (bicyclic) bond motifs is 1. The van der Waals surface area contributed by atoms with Crippen LogP contribution in [0.1, 0.15) is 27.8 Å². The van der Waals surface area contributed by atoms with Crippen molar-refractivity contribution >= 4 is 34.5 Å². The molecule has 3 nitrogen and oxygen atoms in total. The van der Waals surface area contributed by atoms with Gasteiger partial charge in [0, 0.05) is 17.7 Å². The smallest absolute Gasteiger partial charge is 0.224 e. The van der Waals surface area contributed by atoms with Crippen LogP contribution in [0, 0.1) is 5.82 Å². The van der Waals surface area contributed by atoms with Crippen LogP contribution in [0.4, 0.5) is 10.1 Å². The molecule has 0 saturated carbocycles. The average Bonchev–Trinajstić information content (AvgIpc) is 2.94. The van der Waals surface area contributed by atoms with Crippen LogP contribution >= 0.6 is 22.9 Å². The van der Waals surface area contributed by atoms with Gasteiger partial charge < -0.3 is 10.1 Å². The summed E-state index contributed by atoms with van der Waals surface area (Å²) < 4.78 is 19.6. The van der Waals surface area contributed by atoms with E-state index in [1.807, 2.05) is 11.4 Å². The monoisotopic (exact) mass is 325 g/mol. The van der Waals surface area contributed by atoms with Gasteiger partial charge in [0.2, 0.25) is 5.91 Å². The Kier molecular flexibility index (Phi) is 3.87. The highest BCUT2D eigenvalue weighted by molar-refractivity contribution is 7.10. The first kappa shape index (κ1) is 14.4. The maximum atomic E-state index is 14.3. The SMILES string of the molecule is COc1ccsc1C(Cl)c1cc2c(cc1F)NC(=O)CC2. The molecule has 3 rings (SSSR count). The number of aryl methyl sites for hydroxylation is 1. The maximum Gasteiger partial charge on any atom is 0.224 e. The van der Waals surface area contributed by atoms with E-state index in [2.05, 4.69) is 5.32 Å². The fourth-order valence-corrected chi connectivity index (χ4v) is 3.70. The Morgan fingerprint density at radius 2 is 2.24 bits per heavy atom. The third-order valence-corrected chi connectivity index (χ3v) is 5.04. The summed E-state index contributed by atoms with van der Waals surface area (Å²) in [6.07, 6.45) is 1.01. The number of carbonyl (C=O) groups is 1. The molecule has 0 aliphatic carbocycles. The number of thiophene rings is 1. The van der Waals surface area contributed by atoms with Gasteiger partial charge in [-0.2, -0.15) is 0 Å². The molecule has 110 valence electrons. The molecule has 1 unspecified atom stereocenters. The predicted octanol–water partition coefficient (Wildman–Crippen LogP) is 4.11. The Morgan fingerprint density at radius 3 is 3.00 bits per heavy atom. The molecule has 0 bridgehead atoms. The topological polar surface area (TPSA) is 38.3 Å². The molecule has 1 aromatic carbocycles. The van der Waals surface area contributed by atoms with Crippen LogP contribution in [0.25, 0.3) is 0 Å². The summed E-state index contributed by atoms with van der Waals surface area (Å²) in [5.41, 5.74) is 1.86. The highest BCUT2D eigenvalue weighted by Gasteiger charge is 2.24. The molecule has 0 fully saturated rings. The van der Waals surface area contributed by atoms with Gasteiger partial charge in [-0.15, -0.1) is 22.9 Å². The number of amides is 1. The van der Waals surface area contributed by atoms with Crippen molar-refractivity contribution < 1.29 is 13.9 Å². The molecule has 0 radical (unpaired) electrons. The van der Waals surface area contributed by atoms with Crippen LogP contribution in [0.2, 0.25) is 0 Å². The summed E-state index contributed by atoms with van der Waals surface area (Å²) in [6, 6.07) is 4.89. The van der Waals surface area contributed by atoms with Crippen molar-refractivity contribution in [1.29, 1.82) is 0 Å². The summed E-state index contributed by atoms with van der Waals surface area (Å²) in [5, 5.41) is 3.93. The van der Waals surface area contributed by atoms with E-state index in [1.165, 1.54) is 17.4 Å². The second-order valence-electron chi connectivity index (χ2n) is 4.79. The fraction of sp³-hybridized carbons (Fsp3) is 0.267. The number of nitrogens with one attached hydrogen (secondary N) is 1. The summed E-state index contributed by atoms with van der Waals surface area (Å²) in [7, 11) is 1.56. The van der Waals surface area contributed by atoms with E-state index in [4.69, 9.17) is 16.3 Å². The number of alkyl halides is 1. The van der Waals surface area contributed by atoms with Gasteiger partial charge >= 0.3 is 0 Å². The lowest BCUT2D eigenvalue weighted by Gasteiger charge is -2.20. The van der Waals surface area contributed by atoms with Crippen molar-refractivity contribution in [1.82, 2.24) is 0 Å². The predicted molar refractivity (Wildman–Crippen MR) is 81.9 cm³/mol. The van der Waals surface area contributed by atoms with Crippen molar-refractivity contribution in [2.24, 2.45) is 0 Å². The molecule has 2 aromatic rings. The lowest BCUT2D eigenvalue weighted by molar-refractivity contribution is -0.116. The molecular weight excluding hydrogens is 313 g/mol. The van der Waals surface area contributed by atoms with Gasteiger partial charge in [0.1, 0.15) is 11.6 Å². The van der Waals surface area contributed by atoms with Gasteiger partial charge in [0.05, 0.1) is 17.4 Å². The lowest BCUT2D eigenvalue weighted by Crippen LogP contribution is -2.19. The Labute approximate surface area is 130 Å². The van der Waals surface area contributed by atoms with Crippen molar-refractivity contribution in [3.05, 3.63) is 45.4 Å². The molecule has 6 heteroatoms. The van der Waals surface area contributed by atoms with Crippen LogP contribution in [0.5, 0.6) is 5.75 Å². The van der Waals surface area contributed by atoms with Crippen molar-refractivity contribution in [2.75, 3.05) is 12.4 Å². The largest absolute Gasteiger partial charge is 0.496 e. The minimum Gasteiger partial charge on any atom is -0.496 e. The molecule has 1 N–H and O–H groups in total. The van der Waals surface area contributed by atoms with Gasteiger partial charge in [-0.1, -0.05) is 0 Å². The third-order valence-electron chi connectivity index (χ3n) is 3.50. The highest BCUT2D eigenvalue weighted by atomic mass is 35.5. The van der Waals surface area contributed by atoms with E-state index >= 15 is 0 Å². The maximum absolute atomic E-state index is 14.3. The highest BCUT2D eigenvalue weighted by Crippen LogP contribution is 2.41. The molecule has 21 heavy (non-hydrogen) atoms. The van der Waals surface area contributed by atoms with E-state index in [0.717, 1.165) is 10.4 Å². The van der Waals surface area contributed by atoms with Crippen LogP contribution in [0.15, 0.2) is 23.6 Å². The number of ether oxygens (including phenoxy) is 1. The first-order chi connectivity index (χ1) is 10.1. The van der Waals surface area contributed by atoms with Gasteiger partial charge in [-0.25, -0.2) is 4.39 Å². The first-order valence-corrected chi connectivity index (χ1v) is 7.79. The van der Waals surface area contributed by atoms with Crippen LogP contribution in [-0.4, -0.2) is 13.0 Å². The molecule has 2 heterocycles. The number of benzene rings is 1. The molecular formula is C15H13ClFNO2S. The van der Waals surface area contributed by atoms with Crippen LogP contribution in [0.3, 0.4) is 0 Å². The molecule has 0 spiro atoms. The average molecular weight is 326 g/mol. The van der Waals surface area contributed by atoms with Crippen molar-refractivity contribution in [3.63, 3.8) is 0 Å².